The average molecular weight is 1020 g/mol. The van der Waals surface area contributed by atoms with Crippen LogP contribution >= 0.6 is 0 Å². The number of alkyl carbamates (subject to hydrolysis) is 2. The summed E-state index contributed by atoms with van der Waals surface area (Å²) < 4.78 is 21.6. The predicted molar refractivity (Wildman–Crippen MR) is 281 cm³/mol. The summed E-state index contributed by atoms with van der Waals surface area (Å²) in [6, 6.07) is 21.7. The Bertz CT molecular complexity index is 2220. The first kappa shape index (κ1) is 51.8. The Morgan fingerprint density at radius 1 is 0.473 bits per heavy atom. The van der Waals surface area contributed by atoms with Crippen molar-refractivity contribution in [2.45, 2.75) is 188 Å². The van der Waals surface area contributed by atoms with Gasteiger partial charge in [0.05, 0.1) is 0 Å². The molecular formula is C60H86N6O8. The highest BCUT2D eigenvalue weighted by Gasteiger charge is 2.59. The van der Waals surface area contributed by atoms with Crippen LogP contribution in [0.3, 0.4) is 0 Å². The molecule has 18 rings (SSSR count). The van der Waals surface area contributed by atoms with E-state index in [2.05, 4.69) is 35.4 Å². The minimum atomic E-state index is -0.278. The van der Waals surface area contributed by atoms with Gasteiger partial charge >= 0.3 is 12.2 Å². The molecule has 2 aromatic rings. The summed E-state index contributed by atoms with van der Waals surface area (Å²) >= 11 is 0. The lowest BCUT2D eigenvalue weighted by molar-refractivity contribution is -0.177. The largest absolute Gasteiger partial charge is 0.461 e. The van der Waals surface area contributed by atoms with Crippen molar-refractivity contribution in [1.82, 2.24) is 21.3 Å². The van der Waals surface area contributed by atoms with Gasteiger partial charge in [-0.25, -0.2) is 9.59 Å². The molecule has 14 heteroatoms. The van der Waals surface area contributed by atoms with Gasteiger partial charge in [0.15, 0.2) is 0 Å². The van der Waals surface area contributed by atoms with E-state index < -0.39 is 0 Å². The van der Waals surface area contributed by atoms with Crippen LogP contribution in [0.25, 0.3) is 0 Å². The average Bonchev–Trinajstić information content (AvgIpc) is 3.38. The number of benzene rings is 2. The monoisotopic (exact) mass is 1020 g/mol. The van der Waals surface area contributed by atoms with E-state index in [0.29, 0.717) is 85.8 Å². The van der Waals surface area contributed by atoms with Gasteiger partial charge in [0.1, 0.15) is 24.4 Å². The van der Waals surface area contributed by atoms with Crippen LogP contribution in [0.4, 0.5) is 9.59 Å². The number of ether oxygens (including phenoxy) is 4. The summed E-state index contributed by atoms with van der Waals surface area (Å²) in [7, 11) is 4.15. The molecule has 14 nitrogen and oxygen atoms in total. The normalized spacial score (nSPS) is 44.1. The second-order valence-electron chi connectivity index (χ2n) is 26.4. The standard InChI is InChI=1S/C19H26N2O2.C18H24N2O2.C12H19NO2.C11H17NO2/c1-20-17-15-7-14-8-16(17)11-19(9-14,10-15)21-18(22)23-12-13-5-3-2-4-6-13;19-16-14-6-13-7-15(16)10-18(8-13,9-14)20-17(21)22-11-12-4-2-1-3-5-12;1-13-11-9-2-8-3-10(11)6-12(4-8,5-9)15-7-14;12-10-8-1-7-2-9(10)5-11(3-7,4-8)14-6-13/h2-6,14-17,20H,7-12H2,1H3,(H,21,22);1-5,13-16H,6-11,19H2,(H,20,21);7-11,13H,2-6H2,1H3;6-10H,1-5,12H2. The van der Waals surface area contributed by atoms with Gasteiger partial charge < -0.3 is 51.7 Å². The summed E-state index contributed by atoms with van der Waals surface area (Å²) in [5.41, 5.74) is 14.3. The van der Waals surface area contributed by atoms with Crippen molar-refractivity contribution >= 4 is 25.1 Å². The van der Waals surface area contributed by atoms with Gasteiger partial charge in [-0.15, -0.1) is 0 Å². The maximum atomic E-state index is 12.3. The van der Waals surface area contributed by atoms with Crippen LogP contribution in [0, 0.1) is 71.0 Å². The second kappa shape index (κ2) is 21.3. The van der Waals surface area contributed by atoms with Crippen LogP contribution in [-0.4, -0.2) is 85.7 Å². The minimum Gasteiger partial charge on any atom is -0.461 e. The molecule has 0 aromatic heterocycles. The first-order valence-electron chi connectivity index (χ1n) is 28.9. The summed E-state index contributed by atoms with van der Waals surface area (Å²) in [5.74, 6) is 8.39. The maximum absolute atomic E-state index is 12.3. The van der Waals surface area contributed by atoms with Crippen molar-refractivity contribution in [2.75, 3.05) is 14.1 Å². The van der Waals surface area contributed by atoms with Gasteiger partial charge in [0.2, 0.25) is 0 Å². The zero-order chi connectivity index (χ0) is 51.2. The van der Waals surface area contributed by atoms with Crippen LogP contribution in [0.2, 0.25) is 0 Å². The Morgan fingerprint density at radius 2 is 0.784 bits per heavy atom. The Kier molecular flexibility index (Phi) is 14.9. The first-order valence-corrected chi connectivity index (χ1v) is 28.9. The molecule has 0 aliphatic heterocycles. The van der Waals surface area contributed by atoms with Gasteiger partial charge in [-0.2, -0.15) is 0 Å². The molecule has 0 heterocycles. The molecule has 74 heavy (non-hydrogen) atoms. The molecule has 0 radical (unpaired) electrons. The predicted octanol–water partition coefficient (Wildman–Crippen LogP) is 8.29. The number of hydrogen-bond acceptors (Lipinski definition) is 12. The smallest absolute Gasteiger partial charge is 0.407 e. The van der Waals surface area contributed by atoms with E-state index in [1.807, 2.05) is 60.7 Å². The lowest BCUT2D eigenvalue weighted by atomic mass is 9.51. The zero-order valence-electron chi connectivity index (χ0n) is 44.1. The number of hydrogen-bond donors (Lipinski definition) is 6. The van der Waals surface area contributed by atoms with Gasteiger partial charge in [-0.3, -0.25) is 9.59 Å². The Morgan fingerprint density at radius 3 is 1.15 bits per heavy atom. The first-order chi connectivity index (χ1) is 35.8. The molecular weight excluding hydrogens is 933 g/mol. The third kappa shape index (κ3) is 10.7. The van der Waals surface area contributed by atoms with Crippen LogP contribution in [0.5, 0.6) is 0 Å². The molecule has 8 unspecified atom stereocenters. The molecule has 8 atom stereocenters. The molecule has 0 spiro atoms. The SMILES string of the molecule is CNC1C2CC3CC1CC(NC(=O)OCc1ccccc1)(C3)C2.CNC1C2CC3CC1CC(OC=O)(C3)C2.NC1C2CC3CC1CC(NC(=O)OCc1ccccc1)(C3)C2.NC1C2CC3CC1CC(OC=O)(C3)C2. The highest BCUT2D eigenvalue weighted by Crippen LogP contribution is 2.59. The van der Waals surface area contributed by atoms with Crippen LogP contribution < -0.4 is 32.7 Å². The summed E-state index contributed by atoms with van der Waals surface area (Å²) in [4.78, 5) is 45.6. The van der Waals surface area contributed by atoms with Crippen molar-refractivity contribution in [3.05, 3.63) is 71.8 Å². The van der Waals surface area contributed by atoms with Crippen LogP contribution in [0.1, 0.15) is 140 Å². The molecule has 8 N–H and O–H groups in total. The number of nitrogens with one attached hydrogen (secondary N) is 4. The van der Waals surface area contributed by atoms with Crippen molar-refractivity contribution in [1.29, 1.82) is 0 Å². The third-order valence-electron chi connectivity index (χ3n) is 21.5. The highest BCUT2D eigenvalue weighted by atomic mass is 16.6. The van der Waals surface area contributed by atoms with E-state index >= 15 is 0 Å². The summed E-state index contributed by atoms with van der Waals surface area (Å²) in [6.45, 7) is 1.98. The van der Waals surface area contributed by atoms with Gasteiger partial charge in [0, 0.05) is 35.2 Å². The van der Waals surface area contributed by atoms with Crippen molar-refractivity contribution in [2.24, 2.45) is 82.5 Å². The van der Waals surface area contributed by atoms with E-state index in [1.54, 1.807) is 0 Å². The Balaban J connectivity index is 0.000000108. The van der Waals surface area contributed by atoms with E-state index in [-0.39, 0.29) is 34.5 Å². The fraction of sp³-hybridized carbons (Fsp3) is 0.733. The number of carbonyl (C=O) groups excluding carboxylic acids is 4. The molecule has 16 aliphatic rings. The highest BCUT2D eigenvalue weighted by molar-refractivity contribution is 5.69. The van der Waals surface area contributed by atoms with Crippen molar-refractivity contribution in [3.63, 3.8) is 0 Å². The fourth-order valence-electron chi connectivity index (χ4n) is 19.7. The van der Waals surface area contributed by atoms with Crippen LogP contribution in [0.15, 0.2) is 60.7 Å². The summed E-state index contributed by atoms with van der Waals surface area (Å²) in [6.07, 6.45) is 22.7. The third-order valence-corrected chi connectivity index (χ3v) is 21.5. The number of rotatable bonds is 12. The Hall–Kier alpha value is -4.24. The molecule has 2 aromatic carbocycles. The molecule has 16 saturated carbocycles. The van der Waals surface area contributed by atoms with Crippen molar-refractivity contribution in [3.8, 4) is 0 Å². The van der Waals surface area contributed by atoms with Gasteiger partial charge in [-0.1, -0.05) is 60.7 Å². The van der Waals surface area contributed by atoms with Crippen LogP contribution in [-0.2, 0) is 41.8 Å². The number of nitrogens with two attached hydrogens (primary N) is 2. The summed E-state index contributed by atoms with van der Waals surface area (Å²) in [5, 5.41) is 13.4. The zero-order valence-corrected chi connectivity index (χ0v) is 44.1. The lowest BCUT2D eigenvalue weighted by Gasteiger charge is -2.60. The number of amides is 2. The minimum absolute atomic E-state index is 0.0162. The number of carbonyl (C=O) groups is 4. The van der Waals surface area contributed by atoms with E-state index in [4.69, 9.17) is 30.4 Å². The van der Waals surface area contributed by atoms with Crippen molar-refractivity contribution < 1.29 is 38.1 Å². The molecule has 404 valence electrons. The quantitative estimate of drug-likeness (QED) is 0.0878. The molecule has 2 amide bonds. The molecule has 16 aliphatic carbocycles. The van der Waals surface area contributed by atoms with E-state index in [9.17, 15) is 19.2 Å². The fourth-order valence-corrected chi connectivity index (χ4v) is 19.7. The van der Waals surface area contributed by atoms with Gasteiger partial charge in [-0.05, 0) is 225 Å². The topological polar surface area (TPSA) is 205 Å². The Labute approximate surface area is 439 Å². The van der Waals surface area contributed by atoms with Gasteiger partial charge in [0.25, 0.3) is 12.9 Å². The molecule has 16 bridgehead atoms. The molecule has 0 saturated heterocycles. The van der Waals surface area contributed by atoms with E-state index in [0.717, 1.165) is 124 Å². The second-order valence-corrected chi connectivity index (χ2v) is 26.4. The lowest BCUT2D eigenvalue weighted by Crippen LogP contribution is -2.65. The van der Waals surface area contributed by atoms with E-state index in [1.165, 1.54) is 51.4 Å². The maximum Gasteiger partial charge on any atom is 0.407 e. The molecule has 16 fully saturated rings.